The molecule has 0 spiro atoms. The molecular weight excluding hydrogens is 295 g/mol. The van der Waals surface area contributed by atoms with E-state index in [9.17, 15) is 12.8 Å². The molecular formula is C14H23FN2O3S. The highest BCUT2D eigenvalue weighted by molar-refractivity contribution is 7.89. The molecule has 0 radical (unpaired) electrons. The maximum atomic E-state index is 14.0. The number of sulfonamides is 1. The Morgan fingerprint density at radius 2 is 2.05 bits per heavy atom. The first-order chi connectivity index (χ1) is 10.0. The number of benzene rings is 1. The van der Waals surface area contributed by atoms with Crippen molar-refractivity contribution in [2.45, 2.75) is 31.2 Å². The first-order valence-corrected chi connectivity index (χ1v) is 8.47. The molecule has 0 aliphatic rings. The highest BCUT2D eigenvalue weighted by atomic mass is 32.2. The first-order valence-electron chi connectivity index (χ1n) is 6.99. The van der Waals surface area contributed by atoms with Crippen LogP contribution in [0.5, 0.6) is 0 Å². The SMILES string of the molecule is CCCNCc1ccc(S(=O)(=O)NCCCOC)c(F)c1. The fraction of sp³-hybridized carbons (Fsp3) is 0.571. The fourth-order valence-corrected chi connectivity index (χ4v) is 2.91. The van der Waals surface area contributed by atoms with Crippen LogP contribution in [-0.4, -0.2) is 35.2 Å². The Bertz CT molecular complexity index is 535. The number of nitrogens with one attached hydrogen (secondary N) is 2. The number of methoxy groups -OCH3 is 1. The van der Waals surface area contributed by atoms with Gasteiger partial charge in [-0.05, 0) is 37.1 Å². The van der Waals surface area contributed by atoms with E-state index in [1.807, 2.05) is 6.92 Å². The maximum Gasteiger partial charge on any atom is 0.243 e. The molecule has 0 aliphatic heterocycles. The van der Waals surface area contributed by atoms with Crippen LogP contribution in [0.15, 0.2) is 23.1 Å². The van der Waals surface area contributed by atoms with E-state index >= 15 is 0 Å². The molecule has 0 fully saturated rings. The van der Waals surface area contributed by atoms with Crippen molar-refractivity contribution < 1.29 is 17.5 Å². The van der Waals surface area contributed by atoms with E-state index in [4.69, 9.17) is 4.74 Å². The van der Waals surface area contributed by atoms with Crippen LogP contribution in [0.3, 0.4) is 0 Å². The molecule has 1 rings (SSSR count). The molecule has 1 aromatic rings. The van der Waals surface area contributed by atoms with Crippen molar-refractivity contribution >= 4 is 10.0 Å². The van der Waals surface area contributed by atoms with Gasteiger partial charge in [-0.1, -0.05) is 13.0 Å². The zero-order chi connectivity index (χ0) is 15.7. The van der Waals surface area contributed by atoms with E-state index in [1.54, 1.807) is 13.2 Å². The Morgan fingerprint density at radius 1 is 1.29 bits per heavy atom. The maximum absolute atomic E-state index is 14.0. The van der Waals surface area contributed by atoms with Crippen LogP contribution in [0.1, 0.15) is 25.3 Å². The van der Waals surface area contributed by atoms with Crippen LogP contribution in [0.25, 0.3) is 0 Å². The number of halogens is 1. The molecule has 0 aromatic heterocycles. The van der Waals surface area contributed by atoms with Gasteiger partial charge < -0.3 is 10.1 Å². The van der Waals surface area contributed by atoms with Crippen LogP contribution >= 0.6 is 0 Å². The van der Waals surface area contributed by atoms with Crippen molar-refractivity contribution in [2.75, 3.05) is 26.8 Å². The van der Waals surface area contributed by atoms with Crippen molar-refractivity contribution in [3.8, 4) is 0 Å². The molecule has 0 bridgehead atoms. The highest BCUT2D eigenvalue weighted by Gasteiger charge is 2.18. The largest absolute Gasteiger partial charge is 0.385 e. The molecule has 0 aliphatic carbocycles. The van der Waals surface area contributed by atoms with Crippen LogP contribution in [-0.2, 0) is 21.3 Å². The highest BCUT2D eigenvalue weighted by Crippen LogP contribution is 2.16. The lowest BCUT2D eigenvalue weighted by molar-refractivity contribution is 0.196. The smallest absolute Gasteiger partial charge is 0.243 e. The number of hydrogen-bond donors (Lipinski definition) is 2. The molecule has 0 unspecified atom stereocenters. The van der Waals surface area contributed by atoms with Crippen molar-refractivity contribution in [1.82, 2.24) is 10.0 Å². The summed E-state index contributed by atoms with van der Waals surface area (Å²) in [5.74, 6) is -0.731. The van der Waals surface area contributed by atoms with Gasteiger partial charge in [-0.25, -0.2) is 17.5 Å². The van der Waals surface area contributed by atoms with Crippen molar-refractivity contribution in [3.05, 3.63) is 29.6 Å². The third kappa shape index (κ3) is 6.09. The van der Waals surface area contributed by atoms with Crippen LogP contribution in [0, 0.1) is 5.82 Å². The molecule has 2 N–H and O–H groups in total. The third-order valence-electron chi connectivity index (χ3n) is 2.86. The fourth-order valence-electron chi connectivity index (χ4n) is 1.78. The molecule has 5 nitrogen and oxygen atoms in total. The summed E-state index contributed by atoms with van der Waals surface area (Å²) in [5, 5.41) is 3.14. The lowest BCUT2D eigenvalue weighted by Crippen LogP contribution is -2.26. The van der Waals surface area contributed by atoms with E-state index in [1.165, 1.54) is 12.1 Å². The lowest BCUT2D eigenvalue weighted by atomic mass is 10.2. The average Bonchev–Trinajstić information content (AvgIpc) is 2.44. The second kappa shape index (κ2) is 9.09. The summed E-state index contributed by atoms with van der Waals surface area (Å²) < 4.78 is 45.1. The van der Waals surface area contributed by atoms with Gasteiger partial charge in [0.1, 0.15) is 10.7 Å². The van der Waals surface area contributed by atoms with E-state index in [-0.39, 0.29) is 11.4 Å². The topological polar surface area (TPSA) is 67.4 Å². The first kappa shape index (κ1) is 18.0. The summed E-state index contributed by atoms with van der Waals surface area (Å²) in [5.41, 5.74) is 0.722. The predicted molar refractivity (Wildman–Crippen MR) is 80.1 cm³/mol. The van der Waals surface area contributed by atoms with Crippen molar-refractivity contribution in [2.24, 2.45) is 0 Å². The number of hydrogen-bond acceptors (Lipinski definition) is 4. The summed E-state index contributed by atoms with van der Waals surface area (Å²) in [6, 6.07) is 4.18. The zero-order valence-corrected chi connectivity index (χ0v) is 13.3. The monoisotopic (exact) mass is 318 g/mol. The minimum atomic E-state index is -3.81. The summed E-state index contributed by atoms with van der Waals surface area (Å²) in [6.45, 7) is 4.07. The van der Waals surface area contributed by atoms with E-state index < -0.39 is 15.8 Å². The van der Waals surface area contributed by atoms with Crippen LogP contribution in [0.2, 0.25) is 0 Å². The molecule has 0 saturated carbocycles. The Balaban J connectivity index is 2.69. The summed E-state index contributed by atoms with van der Waals surface area (Å²) in [7, 11) is -2.27. The lowest BCUT2D eigenvalue weighted by Gasteiger charge is -2.09. The zero-order valence-electron chi connectivity index (χ0n) is 12.5. The number of rotatable bonds is 10. The average molecular weight is 318 g/mol. The van der Waals surface area contributed by atoms with Gasteiger partial charge in [0.25, 0.3) is 0 Å². The van der Waals surface area contributed by atoms with E-state index in [0.29, 0.717) is 19.6 Å². The van der Waals surface area contributed by atoms with E-state index in [0.717, 1.165) is 18.5 Å². The summed E-state index contributed by atoms with van der Waals surface area (Å²) in [6.07, 6.45) is 1.52. The van der Waals surface area contributed by atoms with E-state index in [2.05, 4.69) is 10.0 Å². The minimum Gasteiger partial charge on any atom is -0.385 e. The van der Waals surface area contributed by atoms with Gasteiger partial charge in [0.2, 0.25) is 10.0 Å². The quantitative estimate of drug-likeness (QED) is 0.644. The van der Waals surface area contributed by atoms with Crippen molar-refractivity contribution in [1.29, 1.82) is 0 Å². The second-order valence-corrected chi connectivity index (χ2v) is 6.42. The van der Waals surface area contributed by atoms with Gasteiger partial charge in [0.05, 0.1) is 0 Å². The Morgan fingerprint density at radius 3 is 2.67 bits per heavy atom. The van der Waals surface area contributed by atoms with Crippen molar-refractivity contribution in [3.63, 3.8) is 0 Å². The molecule has 1 aromatic carbocycles. The predicted octanol–water partition coefficient (Wildman–Crippen LogP) is 1.64. The normalized spacial score (nSPS) is 11.8. The molecule has 0 amide bonds. The van der Waals surface area contributed by atoms with Crippen LogP contribution in [0.4, 0.5) is 4.39 Å². The molecule has 7 heteroatoms. The minimum absolute atomic E-state index is 0.218. The molecule has 120 valence electrons. The van der Waals surface area contributed by atoms with Crippen LogP contribution < -0.4 is 10.0 Å². The molecule has 21 heavy (non-hydrogen) atoms. The van der Waals surface area contributed by atoms with Gasteiger partial charge in [-0.3, -0.25) is 0 Å². The van der Waals surface area contributed by atoms with Gasteiger partial charge >= 0.3 is 0 Å². The Kier molecular flexibility index (Phi) is 7.81. The molecule has 0 atom stereocenters. The van der Waals surface area contributed by atoms with Gasteiger partial charge in [-0.2, -0.15) is 0 Å². The Labute approximate surface area is 125 Å². The second-order valence-electron chi connectivity index (χ2n) is 4.69. The standard InChI is InChI=1S/C14H23FN2O3S/c1-3-7-16-11-12-5-6-14(13(15)10-12)21(18,19)17-8-4-9-20-2/h5-6,10,16-17H,3-4,7-9,11H2,1-2H3. The van der Waals surface area contributed by atoms with Gasteiger partial charge in [0, 0.05) is 26.8 Å². The molecule has 0 heterocycles. The van der Waals surface area contributed by atoms with Gasteiger partial charge in [0.15, 0.2) is 0 Å². The molecule has 0 saturated heterocycles. The number of ether oxygens (including phenoxy) is 1. The summed E-state index contributed by atoms with van der Waals surface area (Å²) in [4.78, 5) is -0.320. The summed E-state index contributed by atoms with van der Waals surface area (Å²) >= 11 is 0. The van der Waals surface area contributed by atoms with Gasteiger partial charge in [-0.15, -0.1) is 0 Å². The Hall–Kier alpha value is -1.02. The third-order valence-corrected chi connectivity index (χ3v) is 4.35.